The molecular formula is C15H13FS2. The van der Waals surface area contributed by atoms with Crippen molar-refractivity contribution in [2.24, 2.45) is 0 Å². The van der Waals surface area contributed by atoms with Crippen LogP contribution in [0.3, 0.4) is 0 Å². The molecule has 0 amide bonds. The molecule has 0 N–H and O–H groups in total. The standard InChI is InChI=1S/C9H8S2.C6H5F/c1-7-4-6-11-9(7)8-3-2-5-10-8;7-6-4-2-1-3-5-6/h2-6H,1H3;1-5H. The van der Waals surface area contributed by atoms with Gasteiger partial charge in [-0.05, 0) is 47.5 Å². The number of hydrogen-bond donors (Lipinski definition) is 0. The van der Waals surface area contributed by atoms with Crippen LogP contribution in [-0.2, 0) is 0 Å². The summed E-state index contributed by atoms with van der Waals surface area (Å²) in [4.78, 5) is 2.80. The van der Waals surface area contributed by atoms with Gasteiger partial charge < -0.3 is 0 Å². The Morgan fingerprint density at radius 2 is 1.61 bits per heavy atom. The van der Waals surface area contributed by atoms with Crippen molar-refractivity contribution in [2.75, 3.05) is 0 Å². The van der Waals surface area contributed by atoms with E-state index in [0.717, 1.165) is 0 Å². The van der Waals surface area contributed by atoms with Crippen LogP contribution in [0, 0.1) is 12.7 Å². The Hall–Kier alpha value is -1.45. The van der Waals surface area contributed by atoms with Gasteiger partial charge in [0.1, 0.15) is 5.82 Å². The Morgan fingerprint density at radius 3 is 2.06 bits per heavy atom. The van der Waals surface area contributed by atoms with E-state index in [2.05, 4.69) is 35.9 Å². The second kappa shape index (κ2) is 6.47. The number of hydrogen-bond acceptors (Lipinski definition) is 2. The van der Waals surface area contributed by atoms with Gasteiger partial charge in [0.25, 0.3) is 0 Å². The minimum Gasteiger partial charge on any atom is -0.207 e. The largest absolute Gasteiger partial charge is 0.207 e. The van der Waals surface area contributed by atoms with Crippen LogP contribution < -0.4 is 0 Å². The lowest BCUT2D eigenvalue weighted by Crippen LogP contribution is -1.66. The fraction of sp³-hybridized carbons (Fsp3) is 0.0667. The highest BCUT2D eigenvalue weighted by Gasteiger charge is 2.02. The average molecular weight is 276 g/mol. The quantitative estimate of drug-likeness (QED) is 0.542. The summed E-state index contributed by atoms with van der Waals surface area (Å²) in [5.74, 6) is -0.178. The van der Waals surface area contributed by atoms with Gasteiger partial charge in [0.2, 0.25) is 0 Å². The van der Waals surface area contributed by atoms with Gasteiger partial charge >= 0.3 is 0 Å². The molecule has 0 spiro atoms. The van der Waals surface area contributed by atoms with E-state index in [0.29, 0.717) is 0 Å². The highest BCUT2D eigenvalue weighted by molar-refractivity contribution is 7.20. The Kier molecular flexibility index (Phi) is 4.67. The summed E-state index contributed by atoms with van der Waals surface area (Å²) in [5.41, 5.74) is 1.39. The van der Waals surface area contributed by atoms with Gasteiger partial charge in [0.05, 0.1) is 0 Å². The third-order valence-corrected chi connectivity index (χ3v) is 4.41. The van der Waals surface area contributed by atoms with Crippen molar-refractivity contribution in [3.63, 3.8) is 0 Å². The van der Waals surface area contributed by atoms with Gasteiger partial charge in [0.15, 0.2) is 0 Å². The zero-order valence-corrected chi connectivity index (χ0v) is 11.6. The Bertz CT molecular complexity index is 568. The zero-order valence-electron chi connectivity index (χ0n) is 9.97. The third kappa shape index (κ3) is 3.52. The summed E-state index contributed by atoms with van der Waals surface area (Å²) >= 11 is 3.62. The van der Waals surface area contributed by atoms with Crippen molar-refractivity contribution >= 4 is 22.7 Å². The maximum Gasteiger partial charge on any atom is 0.123 e. The fourth-order valence-electron chi connectivity index (χ4n) is 1.45. The van der Waals surface area contributed by atoms with Crippen LogP contribution in [0.5, 0.6) is 0 Å². The van der Waals surface area contributed by atoms with E-state index in [-0.39, 0.29) is 5.82 Å². The van der Waals surface area contributed by atoms with Gasteiger partial charge in [-0.15, -0.1) is 22.7 Å². The Labute approximate surface area is 114 Å². The van der Waals surface area contributed by atoms with Gasteiger partial charge in [-0.25, -0.2) is 4.39 Å². The van der Waals surface area contributed by atoms with Gasteiger partial charge in [-0.3, -0.25) is 0 Å². The van der Waals surface area contributed by atoms with E-state index in [4.69, 9.17) is 0 Å². The molecular weight excluding hydrogens is 263 g/mol. The molecule has 0 aliphatic carbocycles. The van der Waals surface area contributed by atoms with Crippen molar-refractivity contribution in [3.05, 3.63) is 70.7 Å². The normalized spacial score (nSPS) is 9.67. The summed E-state index contributed by atoms with van der Waals surface area (Å²) < 4.78 is 11.9. The molecule has 92 valence electrons. The van der Waals surface area contributed by atoms with E-state index >= 15 is 0 Å². The van der Waals surface area contributed by atoms with Crippen molar-refractivity contribution in [1.82, 2.24) is 0 Å². The van der Waals surface area contributed by atoms with Crippen LogP contribution in [0.25, 0.3) is 9.75 Å². The second-order valence-corrected chi connectivity index (χ2v) is 5.57. The maximum atomic E-state index is 11.9. The van der Waals surface area contributed by atoms with Crippen LogP contribution >= 0.6 is 22.7 Å². The van der Waals surface area contributed by atoms with Crippen LogP contribution in [0.2, 0.25) is 0 Å². The Morgan fingerprint density at radius 1 is 0.833 bits per heavy atom. The number of thiophene rings is 2. The molecule has 0 atom stereocenters. The first-order valence-electron chi connectivity index (χ1n) is 5.56. The van der Waals surface area contributed by atoms with E-state index in [1.807, 2.05) is 11.3 Å². The number of aryl methyl sites for hydroxylation is 1. The van der Waals surface area contributed by atoms with Crippen LogP contribution in [0.4, 0.5) is 4.39 Å². The van der Waals surface area contributed by atoms with Gasteiger partial charge in [-0.1, -0.05) is 24.3 Å². The molecule has 0 unspecified atom stereocenters. The fourth-order valence-corrected chi connectivity index (χ4v) is 3.31. The van der Waals surface area contributed by atoms with E-state index in [9.17, 15) is 4.39 Å². The first-order valence-corrected chi connectivity index (χ1v) is 7.32. The molecule has 0 saturated heterocycles. The number of rotatable bonds is 1. The second-order valence-electron chi connectivity index (χ2n) is 3.71. The molecule has 0 aliphatic rings. The lowest BCUT2D eigenvalue weighted by molar-refractivity contribution is 0.628. The minimum absolute atomic E-state index is 0.178. The number of benzene rings is 1. The third-order valence-electron chi connectivity index (χ3n) is 2.34. The summed E-state index contributed by atoms with van der Waals surface area (Å²) in [6, 6.07) is 14.4. The van der Waals surface area contributed by atoms with Crippen molar-refractivity contribution in [3.8, 4) is 9.75 Å². The molecule has 0 bridgehead atoms. The molecule has 3 rings (SSSR count). The van der Waals surface area contributed by atoms with Crippen molar-refractivity contribution in [2.45, 2.75) is 6.92 Å². The summed E-state index contributed by atoms with van der Waals surface area (Å²) in [6.45, 7) is 2.16. The molecule has 0 aliphatic heterocycles. The highest BCUT2D eigenvalue weighted by Crippen LogP contribution is 2.31. The predicted octanol–water partition coefficient (Wildman–Crippen LogP) is 5.61. The topological polar surface area (TPSA) is 0 Å². The lowest BCUT2D eigenvalue weighted by Gasteiger charge is -1.91. The number of halogens is 1. The molecule has 0 nitrogen and oxygen atoms in total. The molecule has 3 aromatic rings. The van der Waals surface area contributed by atoms with E-state index < -0.39 is 0 Å². The molecule has 1 aromatic carbocycles. The van der Waals surface area contributed by atoms with E-state index in [1.54, 1.807) is 29.5 Å². The monoisotopic (exact) mass is 276 g/mol. The SMILES string of the molecule is Cc1ccsc1-c1cccs1.Fc1ccccc1. The predicted molar refractivity (Wildman–Crippen MR) is 78.8 cm³/mol. The lowest BCUT2D eigenvalue weighted by atomic mass is 10.2. The van der Waals surface area contributed by atoms with Crippen LogP contribution in [-0.4, -0.2) is 0 Å². The molecule has 0 radical (unpaired) electrons. The molecule has 0 saturated carbocycles. The first-order chi connectivity index (χ1) is 8.77. The smallest absolute Gasteiger partial charge is 0.123 e. The van der Waals surface area contributed by atoms with E-state index in [1.165, 1.54) is 27.5 Å². The summed E-state index contributed by atoms with van der Waals surface area (Å²) in [7, 11) is 0. The molecule has 3 heteroatoms. The van der Waals surface area contributed by atoms with Gasteiger partial charge in [-0.2, -0.15) is 0 Å². The Balaban J connectivity index is 0.000000149. The molecule has 0 fully saturated rings. The van der Waals surface area contributed by atoms with Crippen molar-refractivity contribution < 1.29 is 4.39 Å². The molecule has 2 heterocycles. The molecule has 18 heavy (non-hydrogen) atoms. The summed E-state index contributed by atoms with van der Waals surface area (Å²) in [6.07, 6.45) is 0. The first kappa shape index (κ1) is 13.0. The molecule has 2 aromatic heterocycles. The highest BCUT2D eigenvalue weighted by atomic mass is 32.1. The van der Waals surface area contributed by atoms with Crippen LogP contribution in [0.15, 0.2) is 59.3 Å². The minimum atomic E-state index is -0.178. The summed E-state index contributed by atoms with van der Waals surface area (Å²) in [5, 5.41) is 4.26. The van der Waals surface area contributed by atoms with Crippen LogP contribution in [0.1, 0.15) is 5.56 Å². The zero-order chi connectivity index (χ0) is 12.8. The van der Waals surface area contributed by atoms with Gasteiger partial charge in [0, 0.05) is 9.75 Å². The average Bonchev–Trinajstić information content (AvgIpc) is 3.01. The van der Waals surface area contributed by atoms with Crippen molar-refractivity contribution in [1.29, 1.82) is 0 Å². The maximum absolute atomic E-state index is 11.9.